The summed E-state index contributed by atoms with van der Waals surface area (Å²) < 4.78 is 16.0. The molecule has 0 bridgehead atoms. The number of fused-ring (bicyclic) bond motifs is 21. The summed E-state index contributed by atoms with van der Waals surface area (Å²) in [4.78, 5) is 2.56. The van der Waals surface area contributed by atoms with Gasteiger partial charge in [0.25, 0.3) is 0 Å². The molecule has 0 fully saturated rings. The topological polar surface area (TPSA) is 21.7 Å². The highest BCUT2D eigenvalue weighted by atomic mass is 32.1. The predicted molar refractivity (Wildman–Crippen MR) is 269 cm³/mol. The molecule has 2 aliphatic carbocycles. The van der Waals surface area contributed by atoms with Crippen molar-refractivity contribution >= 4 is 48.6 Å². The summed E-state index contributed by atoms with van der Waals surface area (Å²) in [6.07, 6.45) is 0. The molecule has 2 spiro atoms. The van der Waals surface area contributed by atoms with Gasteiger partial charge in [-0.2, -0.15) is 0 Å². The zero-order valence-corrected chi connectivity index (χ0v) is 36.4. The smallest absolute Gasteiger partial charge is 0.132 e. The third-order valence-electron chi connectivity index (χ3n) is 14.8. The lowest BCUT2D eigenvalue weighted by Crippen LogP contribution is -2.32. The van der Waals surface area contributed by atoms with Crippen molar-refractivity contribution in [2.75, 3.05) is 4.90 Å². The second kappa shape index (κ2) is 13.2. The Balaban J connectivity index is 1.05. The highest BCUT2D eigenvalue weighted by Gasteiger charge is 2.53. The van der Waals surface area contributed by atoms with Gasteiger partial charge >= 0.3 is 0 Å². The van der Waals surface area contributed by atoms with E-state index < -0.39 is 10.8 Å². The minimum absolute atomic E-state index is 0.562. The van der Waals surface area contributed by atoms with Crippen LogP contribution in [0.4, 0.5) is 17.1 Å². The van der Waals surface area contributed by atoms with Crippen LogP contribution in [0.2, 0.25) is 0 Å². The first-order valence-electron chi connectivity index (χ1n) is 22.7. The van der Waals surface area contributed by atoms with E-state index in [1.54, 1.807) is 0 Å². The van der Waals surface area contributed by atoms with Gasteiger partial charge in [0.05, 0.1) is 22.2 Å². The fraction of sp³-hybridized carbons (Fsp3) is 0.0323. The first-order chi connectivity index (χ1) is 32.7. The Kier molecular flexibility index (Phi) is 7.24. The average Bonchev–Trinajstić information content (AvgIpc) is 4.00. The van der Waals surface area contributed by atoms with Crippen LogP contribution in [0.1, 0.15) is 44.5 Å². The van der Waals surface area contributed by atoms with Gasteiger partial charge in [0, 0.05) is 53.7 Å². The van der Waals surface area contributed by atoms with Gasteiger partial charge in [-0.15, -0.1) is 11.3 Å². The standard InChI is InChI=1S/C62H37NO2S/c1-4-20-43-39(17-1)42-37-38(35-36-45(42)61(43)46-22-6-10-29-53(46)64-54-30-11-7-23-47(54)61)63(52-28-16-34-58-60(52)41-19-3-14-33-57(41)66-58)51-27-15-26-50-59(51)40-18-2-5-21-44(40)62(50)48-24-8-12-31-55(48)65-56-32-13-9-25-49(56)62/h1-37H. The maximum Gasteiger partial charge on any atom is 0.132 e. The molecular weight excluding hydrogens is 823 g/mol. The summed E-state index contributed by atoms with van der Waals surface area (Å²) >= 11 is 1.86. The van der Waals surface area contributed by atoms with Crippen LogP contribution in [-0.2, 0) is 10.8 Å². The lowest BCUT2D eigenvalue weighted by Gasteiger charge is -2.39. The number of anilines is 3. The lowest BCUT2D eigenvalue weighted by atomic mass is 9.66. The van der Waals surface area contributed by atoms with Crippen molar-refractivity contribution in [2.45, 2.75) is 10.8 Å². The van der Waals surface area contributed by atoms with Gasteiger partial charge in [-0.1, -0.05) is 164 Å². The van der Waals surface area contributed by atoms with Crippen molar-refractivity contribution < 1.29 is 9.47 Å². The predicted octanol–water partition coefficient (Wildman–Crippen LogP) is 16.5. The lowest BCUT2D eigenvalue weighted by molar-refractivity contribution is 0.436. The summed E-state index contributed by atoms with van der Waals surface area (Å²) in [6, 6.07) is 82.4. The molecule has 2 aliphatic heterocycles. The van der Waals surface area contributed by atoms with Crippen molar-refractivity contribution in [3.63, 3.8) is 0 Å². The maximum absolute atomic E-state index is 6.74. The van der Waals surface area contributed by atoms with Gasteiger partial charge < -0.3 is 14.4 Å². The molecule has 3 nitrogen and oxygen atoms in total. The zero-order valence-electron chi connectivity index (χ0n) is 35.5. The Morgan fingerprint density at radius 1 is 0.333 bits per heavy atom. The van der Waals surface area contributed by atoms with Gasteiger partial charge in [-0.25, -0.2) is 0 Å². The Morgan fingerprint density at radius 2 is 0.788 bits per heavy atom. The molecule has 15 rings (SSSR count). The minimum atomic E-state index is -0.604. The van der Waals surface area contributed by atoms with E-state index in [1.807, 2.05) is 11.3 Å². The Hall–Kier alpha value is -8.18. The highest BCUT2D eigenvalue weighted by molar-refractivity contribution is 7.26. The van der Waals surface area contributed by atoms with E-state index in [0.717, 1.165) is 62.3 Å². The number of ether oxygens (including phenoxy) is 2. The summed E-state index contributed by atoms with van der Waals surface area (Å²) in [5.74, 6) is 3.56. The van der Waals surface area contributed by atoms with Gasteiger partial charge in [0.2, 0.25) is 0 Å². The number of rotatable bonds is 3. The molecule has 3 heterocycles. The molecule has 0 atom stereocenters. The molecular formula is C62H37NO2S. The summed E-state index contributed by atoms with van der Waals surface area (Å²) in [5, 5.41) is 2.51. The number of benzene rings is 10. The molecule has 0 saturated heterocycles. The van der Waals surface area contributed by atoms with Crippen LogP contribution in [0.3, 0.4) is 0 Å². The zero-order chi connectivity index (χ0) is 43.1. The molecule has 11 aromatic rings. The molecule has 0 unspecified atom stereocenters. The Labute approximate surface area is 386 Å². The van der Waals surface area contributed by atoms with E-state index in [1.165, 1.54) is 64.7 Å². The highest BCUT2D eigenvalue weighted by Crippen LogP contribution is 2.66. The number of para-hydroxylation sites is 4. The molecule has 0 radical (unpaired) electrons. The van der Waals surface area contributed by atoms with Crippen molar-refractivity contribution in [3.8, 4) is 45.3 Å². The first kappa shape index (κ1) is 36.2. The number of thiophene rings is 1. The van der Waals surface area contributed by atoms with Gasteiger partial charge in [-0.05, 0) is 99.6 Å². The van der Waals surface area contributed by atoms with Crippen LogP contribution >= 0.6 is 11.3 Å². The molecule has 0 amide bonds. The normalized spacial score (nSPS) is 14.5. The SMILES string of the molecule is c1ccc2c(c1)Oc1ccccc1C21c2ccccc2-c2cc(N(c3cccc4c3-c3ccccc3C43c4ccccc4Oc4ccccc43)c3cccc4sc5ccccc5c34)ccc21. The van der Waals surface area contributed by atoms with Crippen LogP contribution < -0.4 is 14.4 Å². The third-order valence-corrected chi connectivity index (χ3v) is 15.9. The minimum Gasteiger partial charge on any atom is -0.457 e. The van der Waals surface area contributed by atoms with E-state index in [2.05, 4.69) is 229 Å². The van der Waals surface area contributed by atoms with Gasteiger partial charge in [-0.3, -0.25) is 0 Å². The number of nitrogens with zero attached hydrogens (tertiary/aromatic N) is 1. The first-order valence-corrected chi connectivity index (χ1v) is 23.5. The maximum atomic E-state index is 6.74. The molecule has 308 valence electrons. The number of hydrogen-bond donors (Lipinski definition) is 0. The summed E-state index contributed by atoms with van der Waals surface area (Å²) in [7, 11) is 0. The quantitative estimate of drug-likeness (QED) is 0.177. The molecule has 0 saturated carbocycles. The molecule has 10 aromatic carbocycles. The Morgan fingerprint density at radius 3 is 1.44 bits per heavy atom. The second-order valence-electron chi connectivity index (χ2n) is 17.8. The van der Waals surface area contributed by atoms with Crippen LogP contribution in [-0.4, -0.2) is 0 Å². The van der Waals surface area contributed by atoms with Crippen LogP contribution in [0, 0.1) is 0 Å². The van der Waals surface area contributed by atoms with Crippen molar-refractivity contribution in [2.24, 2.45) is 0 Å². The monoisotopic (exact) mass is 859 g/mol. The van der Waals surface area contributed by atoms with Gasteiger partial charge in [0.15, 0.2) is 0 Å². The number of hydrogen-bond acceptors (Lipinski definition) is 4. The van der Waals surface area contributed by atoms with E-state index >= 15 is 0 Å². The largest absolute Gasteiger partial charge is 0.457 e. The van der Waals surface area contributed by atoms with Crippen LogP contribution in [0.15, 0.2) is 224 Å². The fourth-order valence-electron chi connectivity index (χ4n) is 12.4. The molecule has 4 heteroatoms. The molecule has 1 aromatic heterocycles. The van der Waals surface area contributed by atoms with Crippen LogP contribution in [0.5, 0.6) is 23.0 Å². The van der Waals surface area contributed by atoms with Gasteiger partial charge in [0.1, 0.15) is 23.0 Å². The average molecular weight is 860 g/mol. The van der Waals surface area contributed by atoms with E-state index in [0.29, 0.717) is 0 Å². The van der Waals surface area contributed by atoms with Crippen LogP contribution in [0.25, 0.3) is 42.4 Å². The third kappa shape index (κ3) is 4.47. The van der Waals surface area contributed by atoms with E-state index in [9.17, 15) is 0 Å². The fourth-order valence-corrected chi connectivity index (χ4v) is 13.5. The Bertz CT molecular complexity index is 3790. The van der Waals surface area contributed by atoms with Crippen molar-refractivity contribution in [1.82, 2.24) is 0 Å². The molecule has 4 aliphatic rings. The summed E-state index contributed by atoms with van der Waals surface area (Å²) in [6.45, 7) is 0. The van der Waals surface area contributed by atoms with Crippen molar-refractivity contribution in [3.05, 3.63) is 269 Å². The molecule has 66 heavy (non-hydrogen) atoms. The summed E-state index contributed by atoms with van der Waals surface area (Å²) in [5.41, 5.74) is 16.8. The van der Waals surface area contributed by atoms with E-state index in [-0.39, 0.29) is 0 Å². The molecule has 0 N–H and O–H groups in total. The van der Waals surface area contributed by atoms with E-state index in [4.69, 9.17) is 9.47 Å². The van der Waals surface area contributed by atoms with Crippen molar-refractivity contribution in [1.29, 1.82) is 0 Å². The second-order valence-corrected chi connectivity index (χ2v) is 18.9.